The van der Waals surface area contributed by atoms with Gasteiger partial charge in [-0.2, -0.15) is 0 Å². The van der Waals surface area contributed by atoms with E-state index in [1.807, 2.05) is 6.07 Å². The summed E-state index contributed by atoms with van der Waals surface area (Å²) in [6, 6.07) is 13.6. The Kier molecular flexibility index (Phi) is 4.28. The molecule has 4 rings (SSSR count). The lowest BCUT2D eigenvalue weighted by atomic mass is 9.77. The molecule has 0 N–H and O–H groups in total. The summed E-state index contributed by atoms with van der Waals surface area (Å²) in [5.74, 6) is 2.24. The molecule has 2 atom stereocenters. The number of ether oxygens (including phenoxy) is 1. The smallest absolute Gasteiger partial charge is 0.123 e. The van der Waals surface area contributed by atoms with Crippen LogP contribution in [-0.4, -0.2) is 31.6 Å². The van der Waals surface area contributed by atoms with E-state index in [-0.39, 0.29) is 5.82 Å². The van der Waals surface area contributed by atoms with Crippen LogP contribution in [0.15, 0.2) is 42.5 Å². The predicted molar refractivity (Wildman–Crippen MR) is 94.1 cm³/mol. The van der Waals surface area contributed by atoms with Crippen molar-refractivity contribution >= 4 is 0 Å². The molecule has 1 aliphatic carbocycles. The molecule has 2 aliphatic rings. The van der Waals surface area contributed by atoms with Gasteiger partial charge in [0.05, 0.1) is 7.11 Å². The zero-order valence-corrected chi connectivity index (χ0v) is 14.2. The van der Waals surface area contributed by atoms with Crippen molar-refractivity contribution < 1.29 is 9.13 Å². The van der Waals surface area contributed by atoms with Crippen LogP contribution in [0.4, 0.5) is 4.39 Å². The fraction of sp³-hybridized carbons (Fsp3) is 0.429. The Bertz CT molecular complexity index is 730. The van der Waals surface area contributed by atoms with Crippen molar-refractivity contribution in [2.24, 2.45) is 5.92 Å². The Morgan fingerprint density at radius 2 is 2.08 bits per heavy atom. The van der Waals surface area contributed by atoms with Crippen LogP contribution >= 0.6 is 0 Å². The highest BCUT2D eigenvalue weighted by molar-refractivity contribution is 5.40. The summed E-state index contributed by atoms with van der Waals surface area (Å²) in [5.41, 5.74) is 4.07. The molecule has 2 unspecified atom stereocenters. The lowest BCUT2D eigenvalue weighted by Gasteiger charge is -2.27. The third-order valence-corrected chi connectivity index (χ3v) is 5.66. The van der Waals surface area contributed by atoms with Gasteiger partial charge >= 0.3 is 0 Å². The van der Waals surface area contributed by atoms with Gasteiger partial charge in [0.1, 0.15) is 11.6 Å². The van der Waals surface area contributed by atoms with Gasteiger partial charge in [0.2, 0.25) is 0 Å². The van der Waals surface area contributed by atoms with E-state index >= 15 is 0 Å². The molecule has 1 saturated heterocycles. The number of hydrogen-bond acceptors (Lipinski definition) is 2. The zero-order valence-electron chi connectivity index (χ0n) is 14.2. The normalized spacial score (nSPS) is 22.9. The van der Waals surface area contributed by atoms with Crippen molar-refractivity contribution in [2.45, 2.75) is 25.2 Å². The van der Waals surface area contributed by atoms with Gasteiger partial charge in [-0.1, -0.05) is 18.2 Å². The number of hydrogen-bond donors (Lipinski definition) is 0. The van der Waals surface area contributed by atoms with E-state index in [0.29, 0.717) is 5.92 Å². The van der Waals surface area contributed by atoms with Crippen molar-refractivity contribution in [1.82, 2.24) is 4.90 Å². The van der Waals surface area contributed by atoms with Gasteiger partial charge in [-0.25, -0.2) is 4.39 Å². The van der Waals surface area contributed by atoms with Crippen molar-refractivity contribution in [3.05, 3.63) is 65.0 Å². The van der Waals surface area contributed by atoms with Gasteiger partial charge < -0.3 is 9.64 Å². The van der Waals surface area contributed by atoms with Crippen molar-refractivity contribution in [3.8, 4) is 5.75 Å². The molecule has 1 heterocycles. The number of rotatable bonds is 4. The number of nitrogens with zero attached hydrogens (tertiary/aromatic N) is 1. The first-order chi connectivity index (χ1) is 11.7. The van der Waals surface area contributed by atoms with Crippen LogP contribution in [-0.2, 0) is 12.8 Å². The minimum Gasteiger partial charge on any atom is -0.497 e. The van der Waals surface area contributed by atoms with Gasteiger partial charge in [-0.05, 0) is 66.1 Å². The second-order valence-electron chi connectivity index (χ2n) is 7.11. The van der Waals surface area contributed by atoms with Crippen LogP contribution in [0.2, 0.25) is 0 Å². The third-order valence-electron chi connectivity index (χ3n) is 5.66. The number of fused-ring (bicyclic) bond motifs is 3. The molecule has 24 heavy (non-hydrogen) atoms. The number of benzene rings is 2. The van der Waals surface area contributed by atoms with E-state index < -0.39 is 0 Å². The van der Waals surface area contributed by atoms with Crippen LogP contribution in [0.3, 0.4) is 0 Å². The van der Waals surface area contributed by atoms with Crippen LogP contribution < -0.4 is 4.74 Å². The lowest BCUT2D eigenvalue weighted by Crippen LogP contribution is -2.23. The molecule has 0 aromatic heterocycles. The van der Waals surface area contributed by atoms with Gasteiger partial charge in [-0.3, -0.25) is 0 Å². The molecule has 1 aliphatic heterocycles. The van der Waals surface area contributed by atoms with Crippen molar-refractivity contribution in [3.63, 3.8) is 0 Å². The largest absolute Gasteiger partial charge is 0.497 e. The minimum absolute atomic E-state index is 0.134. The van der Waals surface area contributed by atoms with E-state index in [9.17, 15) is 4.39 Å². The van der Waals surface area contributed by atoms with Crippen LogP contribution in [0.25, 0.3) is 0 Å². The van der Waals surface area contributed by atoms with E-state index in [4.69, 9.17) is 4.74 Å². The summed E-state index contributed by atoms with van der Waals surface area (Å²) in [6.07, 6.45) is 3.35. The molecular weight excluding hydrogens is 301 g/mol. The average molecular weight is 325 g/mol. The summed E-state index contributed by atoms with van der Waals surface area (Å²) in [5, 5.41) is 0. The molecular formula is C21H24FNO. The maximum Gasteiger partial charge on any atom is 0.123 e. The fourth-order valence-electron chi connectivity index (χ4n) is 4.40. The highest BCUT2D eigenvalue weighted by Gasteiger charge is 2.37. The van der Waals surface area contributed by atoms with Gasteiger partial charge in [0.25, 0.3) is 0 Å². The molecule has 3 heteroatoms. The zero-order chi connectivity index (χ0) is 16.5. The van der Waals surface area contributed by atoms with Gasteiger partial charge in [0, 0.05) is 25.6 Å². The quantitative estimate of drug-likeness (QED) is 0.841. The average Bonchev–Trinajstić information content (AvgIpc) is 3.03. The van der Waals surface area contributed by atoms with Crippen LogP contribution in [0, 0.1) is 11.7 Å². The van der Waals surface area contributed by atoms with Gasteiger partial charge in [-0.15, -0.1) is 0 Å². The SMILES string of the molecule is COc1ccc2c(c1)CCC1CN(CCc3cccc(F)c3)CC21. The first-order valence-corrected chi connectivity index (χ1v) is 8.86. The molecule has 0 amide bonds. The first kappa shape index (κ1) is 15.6. The Morgan fingerprint density at radius 3 is 2.92 bits per heavy atom. The number of aryl methyl sites for hydroxylation is 1. The van der Waals surface area contributed by atoms with E-state index in [1.54, 1.807) is 19.2 Å². The van der Waals surface area contributed by atoms with E-state index in [2.05, 4.69) is 23.1 Å². The maximum atomic E-state index is 13.3. The molecule has 0 bridgehead atoms. The lowest BCUT2D eigenvalue weighted by molar-refractivity contribution is 0.325. The topological polar surface area (TPSA) is 12.5 Å². The molecule has 2 aromatic carbocycles. The second kappa shape index (κ2) is 6.56. The second-order valence-corrected chi connectivity index (χ2v) is 7.11. The minimum atomic E-state index is -0.134. The molecule has 2 nitrogen and oxygen atoms in total. The number of methoxy groups -OCH3 is 1. The fourth-order valence-corrected chi connectivity index (χ4v) is 4.40. The Morgan fingerprint density at radius 1 is 1.17 bits per heavy atom. The third kappa shape index (κ3) is 3.05. The Labute approximate surface area is 143 Å². The Hall–Kier alpha value is -1.87. The molecule has 0 radical (unpaired) electrons. The molecule has 0 saturated carbocycles. The van der Waals surface area contributed by atoms with E-state index in [0.717, 1.165) is 43.2 Å². The molecule has 0 spiro atoms. The number of halogens is 1. The number of likely N-dealkylation sites (tertiary alicyclic amines) is 1. The summed E-state index contributed by atoms with van der Waals surface area (Å²) < 4.78 is 18.7. The summed E-state index contributed by atoms with van der Waals surface area (Å²) in [7, 11) is 1.73. The van der Waals surface area contributed by atoms with Crippen LogP contribution in [0.1, 0.15) is 29.0 Å². The summed E-state index contributed by atoms with van der Waals surface area (Å²) >= 11 is 0. The molecule has 126 valence electrons. The maximum absolute atomic E-state index is 13.3. The molecule has 1 fully saturated rings. The van der Waals surface area contributed by atoms with Crippen molar-refractivity contribution in [2.75, 3.05) is 26.7 Å². The van der Waals surface area contributed by atoms with Gasteiger partial charge in [0.15, 0.2) is 0 Å². The Balaban J connectivity index is 1.43. The summed E-state index contributed by atoms with van der Waals surface area (Å²) in [6.45, 7) is 3.31. The highest BCUT2D eigenvalue weighted by atomic mass is 19.1. The monoisotopic (exact) mass is 325 g/mol. The highest BCUT2D eigenvalue weighted by Crippen LogP contribution is 2.42. The standard InChI is InChI=1S/C21H24FNO/c1-24-19-7-8-20-16(12-19)5-6-17-13-23(14-21(17)20)10-9-15-3-2-4-18(22)11-15/h2-4,7-8,11-12,17,21H,5-6,9-10,13-14H2,1H3. The van der Waals surface area contributed by atoms with E-state index in [1.165, 1.54) is 30.2 Å². The summed E-state index contributed by atoms with van der Waals surface area (Å²) in [4.78, 5) is 2.56. The van der Waals surface area contributed by atoms with Crippen molar-refractivity contribution in [1.29, 1.82) is 0 Å². The molecule has 2 aromatic rings. The predicted octanol–water partition coefficient (Wildman–Crippen LogP) is 4.04. The first-order valence-electron chi connectivity index (χ1n) is 8.86. The van der Waals surface area contributed by atoms with Crippen LogP contribution in [0.5, 0.6) is 5.75 Å².